The number of ether oxygens (including phenoxy) is 1. The van der Waals surface area contributed by atoms with Gasteiger partial charge >= 0.3 is 5.97 Å². The summed E-state index contributed by atoms with van der Waals surface area (Å²) >= 11 is 0. The summed E-state index contributed by atoms with van der Waals surface area (Å²) in [5.41, 5.74) is 0. The van der Waals surface area contributed by atoms with Crippen molar-refractivity contribution >= 4 is 11.9 Å². The number of nitrogens with one attached hydrogen (secondary N) is 1. The summed E-state index contributed by atoms with van der Waals surface area (Å²) in [6.07, 6.45) is 75.7. The summed E-state index contributed by atoms with van der Waals surface area (Å²) in [6.45, 7) is 4.85. The summed E-state index contributed by atoms with van der Waals surface area (Å²) in [6, 6.07) is -0.642. The van der Waals surface area contributed by atoms with Gasteiger partial charge < -0.3 is 20.3 Å². The summed E-state index contributed by atoms with van der Waals surface area (Å²) in [4.78, 5) is 24.5. The molecule has 2 unspecified atom stereocenters. The van der Waals surface area contributed by atoms with Crippen molar-refractivity contribution in [2.75, 3.05) is 13.2 Å². The Morgan fingerprint density at radius 1 is 0.400 bits per heavy atom. The number of hydrogen-bond acceptors (Lipinski definition) is 5. The van der Waals surface area contributed by atoms with Crippen LogP contribution in [0, 0.1) is 0 Å². The second-order valence-corrected chi connectivity index (χ2v) is 21.0. The quantitative estimate of drug-likeness (QED) is 0.0321. The fraction of sp³-hybridized carbons (Fsp3) is 0.844. The van der Waals surface area contributed by atoms with Crippen LogP contribution in [0.25, 0.3) is 0 Å². The van der Waals surface area contributed by atoms with E-state index in [9.17, 15) is 19.8 Å². The molecular weight excluding hydrogens is 863 g/mol. The molecule has 0 aliphatic carbocycles. The second-order valence-electron chi connectivity index (χ2n) is 21.0. The molecule has 0 aromatic rings. The molecule has 0 saturated heterocycles. The molecule has 6 nitrogen and oxygen atoms in total. The number of allylic oxidation sites excluding steroid dienone is 7. The number of esters is 1. The van der Waals surface area contributed by atoms with Crippen LogP contribution in [0.2, 0.25) is 0 Å². The number of unbranched alkanes of at least 4 members (excludes halogenated alkanes) is 40. The minimum atomic E-state index is -0.857. The predicted octanol–water partition coefficient (Wildman–Crippen LogP) is 19.4. The first-order valence-electron chi connectivity index (χ1n) is 30.9. The fourth-order valence-electron chi connectivity index (χ4n) is 9.31. The molecule has 0 heterocycles. The minimum Gasteiger partial charge on any atom is -0.466 e. The van der Waals surface area contributed by atoms with Crippen LogP contribution in [0.15, 0.2) is 48.6 Å². The number of rotatable bonds is 57. The van der Waals surface area contributed by atoms with E-state index >= 15 is 0 Å². The van der Waals surface area contributed by atoms with Crippen molar-refractivity contribution in [2.45, 2.75) is 334 Å². The summed E-state index contributed by atoms with van der Waals surface area (Å²) in [5.74, 6) is -0.108. The molecule has 0 aliphatic heterocycles. The lowest BCUT2D eigenvalue weighted by molar-refractivity contribution is -0.143. The van der Waals surface area contributed by atoms with E-state index in [4.69, 9.17) is 4.74 Å². The van der Waals surface area contributed by atoms with Gasteiger partial charge in [-0.15, -0.1) is 0 Å². The standard InChI is InChI=1S/C64H119NO5/c1-3-5-7-9-11-13-15-17-18-19-20-21-22-23-24-26-29-33-36-40-44-48-52-56-62(67)61(60-66)65-63(68)57-53-49-45-41-37-34-30-27-25-28-31-35-39-43-47-51-55-59-70-64(69)58-54-50-46-42-38-32-16-14-12-10-8-6-4-2/h14,16,25,28,35,39,52,56,61-62,66-67H,3-13,15,17-24,26-27,29-34,36-38,40-51,53-55,57-60H2,1-2H3,(H,65,68)/b16-14-,28-25-,39-35-,56-52+. The third-order valence-corrected chi connectivity index (χ3v) is 14.1. The smallest absolute Gasteiger partial charge is 0.305 e. The van der Waals surface area contributed by atoms with E-state index in [0.29, 0.717) is 19.4 Å². The van der Waals surface area contributed by atoms with Crippen LogP contribution >= 0.6 is 0 Å². The predicted molar refractivity (Wildman–Crippen MR) is 306 cm³/mol. The fourth-order valence-corrected chi connectivity index (χ4v) is 9.31. The highest BCUT2D eigenvalue weighted by Crippen LogP contribution is 2.17. The van der Waals surface area contributed by atoms with Crippen molar-refractivity contribution in [1.29, 1.82) is 0 Å². The van der Waals surface area contributed by atoms with Gasteiger partial charge in [0.1, 0.15) is 0 Å². The summed E-state index contributed by atoms with van der Waals surface area (Å²) in [5, 5.41) is 23.2. The topological polar surface area (TPSA) is 95.9 Å². The van der Waals surface area contributed by atoms with Gasteiger partial charge in [-0.1, -0.05) is 262 Å². The van der Waals surface area contributed by atoms with E-state index in [1.807, 2.05) is 6.08 Å². The molecule has 0 radical (unpaired) electrons. The van der Waals surface area contributed by atoms with Crippen LogP contribution in [0.3, 0.4) is 0 Å². The molecule has 0 bridgehead atoms. The van der Waals surface area contributed by atoms with Gasteiger partial charge in [0, 0.05) is 12.8 Å². The SMILES string of the molecule is CCCCCC/C=C\CCCCCCCC(=O)OCCCCC/C=C\C/C=C\CCCCCCCCCC(=O)NC(CO)C(O)/C=C/CCCCCCCCCCCCCCCCCCCCCCC. The Kier molecular flexibility index (Phi) is 57.5. The number of aliphatic hydroxyl groups is 2. The molecule has 0 fully saturated rings. The molecule has 0 aliphatic rings. The average Bonchev–Trinajstić information content (AvgIpc) is 3.36. The van der Waals surface area contributed by atoms with Crippen LogP contribution in [0.1, 0.15) is 322 Å². The minimum absolute atomic E-state index is 0.0257. The van der Waals surface area contributed by atoms with Gasteiger partial charge in [0.25, 0.3) is 0 Å². The summed E-state index contributed by atoms with van der Waals surface area (Å²) in [7, 11) is 0. The van der Waals surface area contributed by atoms with Crippen molar-refractivity contribution in [3.05, 3.63) is 48.6 Å². The summed E-state index contributed by atoms with van der Waals surface area (Å²) < 4.78 is 5.44. The Morgan fingerprint density at radius 3 is 1.11 bits per heavy atom. The van der Waals surface area contributed by atoms with E-state index in [1.54, 1.807) is 6.08 Å². The number of carbonyl (C=O) groups is 2. The maximum absolute atomic E-state index is 12.5. The first kappa shape index (κ1) is 67.8. The van der Waals surface area contributed by atoms with Gasteiger partial charge in [0.05, 0.1) is 25.4 Å². The molecule has 1 amide bonds. The van der Waals surface area contributed by atoms with Crippen LogP contribution in [-0.2, 0) is 14.3 Å². The van der Waals surface area contributed by atoms with E-state index < -0.39 is 12.1 Å². The lowest BCUT2D eigenvalue weighted by Crippen LogP contribution is -2.45. The Labute approximate surface area is 436 Å². The van der Waals surface area contributed by atoms with E-state index in [2.05, 4.69) is 55.6 Å². The Balaban J connectivity index is 3.53. The molecule has 0 rings (SSSR count). The van der Waals surface area contributed by atoms with Crippen molar-refractivity contribution in [3.8, 4) is 0 Å². The second kappa shape index (κ2) is 59.4. The highest BCUT2D eigenvalue weighted by Gasteiger charge is 2.18. The van der Waals surface area contributed by atoms with Crippen LogP contribution in [0.5, 0.6) is 0 Å². The van der Waals surface area contributed by atoms with Crippen molar-refractivity contribution in [1.82, 2.24) is 5.32 Å². The zero-order valence-electron chi connectivity index (χ0n) is 46.7. The lowest BCUT2D eigenvalue weighted by Gasteiger charge is -2.20. The molecule has 0 aromatic heterocycles. The normalized spacial score (nSPS) is 12.9. The largest absolute Gasteiger partial charge is 0.466 e. The van der Waals surface area contributed by atoms with Crippen molar-refractivity contribution in [2.24, 2.45) is 0 Å². The maximum Gasteiger partial charge on any atom is 0.305 e. The van der Waals surface area contributed by atoms with Crippen molar-refractivity contribution in [3.63, 3.8) is 0 Å². The van der Waals surface area contributed by atoms with Crippen LogP contribution < -0.4 is 5.32 Å². The lowest BCUT2D eigenvalue weighted by atomic mass is 10.0. The van der Waals surface area contributed by atoms with Gasteiger partial charge in [-0.2, -0.15) is 0 Å². The molecule has 6 heteroatoms. The monoisotopic (exact) mass is 982 g/mol. The molecule has 0 spiro atoms. The highest BCUT2D eigenvalue weighted by atomic mass is 16.5. The molecule has 70 heavy (non-hydrogen) atoms. The van der Waals surface area contributed by atoms with E-state index in [0.717, 1.165) is 83.5 Å². The zero-order valence-corrected chi connectivity index (χ0v) is 46.7. The zero-order chi connectivity index (χ0) is 50.7. The van der Waals surface area contributed by atoms with Gasteiger partial charge in [-0.3, -0.25) is 9.59 Å². The molecule has 2 atom stereocenters. The van der Waals surface area contributed by atoms with Crippen LogP contribution in [-0.4, -0.2) is 47.4 Å². The third-order valence-electron chi connectivity index (χ3n) is 14.1. The number of aliphatic hydroxyl groups excluding tert-OH is 2. The van der Waals surface area contributed by atoms with Crippen molar-refractivity contribution < 1.29 is 24.5 Å². The Hall–Kier alpha value is -2.18. The molecule has 3 N–H and O–H groups in total. The Bertz CT molecular complexity index is 1180. The average molecular weight is 983 g/mol. The number of amides is 1. The van der Waals surface area contributed by atoms with E-state index in [-0.39, 0.29) is 18.5 Å². The number of carbonyl (C=O) groups excluding carboxylic acids is 2. The first-order chi connectivity index (χ1) is 34.5. The highest BCUT2D eigenvalue weighted by molar-refractivity contribution is 5.76. The molecule has 410 valence electrons. The maximum atomic E-state index is 12.5. The third kappa shape index (κ3) is 55.1. The number of hydrogen-bond donors (Lipinski definition) is 3. The van der Waals surface area contributed by atoms with Crippen LogP contribution in [0.4, 0.5) is 0 Å². The molecule has 0 saturated carbocycles. The first-order valence-corrected chi connectivity index (χ1v) is 30.9. The van der Waals surface area contributed by atoms with Gasteiger partial charge in [0.2, 0.25) is 5.91 Å². The van der Waals surface area contributed by atoms with Gasteiger partial charge in [-0.05, 0) is 96.3 Å². The van der Waals surface area contributed by atoms with Gasteiger partial charge in [0.15, 0.2) is 0 Å². The van der Waals surface area contributed by atoms with Gasteiger partial charge in [-0.25, -0.2) is 0 Å². The Morgan fingerprint density at radius 2 is 0.714 bits per heavy atom. The molecule has 0 aromatic carbocycles. The molecular formula is C64H119NO5. The van der Waals surface area contributed by atoms with E-state index in [1.165, 1.54) is 212 Å².